The van der Waals surface area contributed by atoms with Crippen molar-refractivity contribution in [1.29, 1.82) is 0 Å². The predicted molar refractivity (Wildman–Crippen MR) is 69.1 cm³/mol. The summed E-state index contributed by atoms with van der Waals surface area (Å²) in [5.74, 6) is -1.20. The predicted octanol–water partition coefficient (Wildman–Crippen LogP) is 1.69. The minimum Gasteiger partial charge on any atom is -0.478 e. The van der Waals surface area contributed by atoms with Gasteiger partial charge in [-0.3, -0.25) is 4.72 Å². The number of thiophene rings is 1. The van der Waals surface area contributed by atoms with Crippen LogP contribution >= 0.6 is 22.9 Å². The minimum absolute atomic E-state index is 0.00493. The summed E-state index contributed by atoms with van der Waals surface area (Å²) in [6.07, 6.45) is 0. The molecule has 0 aliphatic heterocycles. The first-order chi connectivity index (χ1) is 8.88. The third kappa shape index (κ3) is 3.19. The number of nitrogens with zero attached hydrogens (tertiary/aromatic N) is 2. The minimum atomic E-state index is -3.88. The molecule has 2 aromatic rings. The SMILES string of the molecule is O=C(O)c1csc(S(=O)(=O)Nc2ccc(Cl)nn2)c1. The number of aromatic nitrogens is 2. The van der Waals surface area contributed by atoms with Gasteiger partial charge in [-0.15, -0.1) is 21.5 Å². The van der Waals surface area contributed by atoms with E-state index in [1.807, 2.05) is 0 Å². The van der Waals surface area contributed by atoms with Crippen molar-refractivity contribution in [2.45, 2.75) is 4.21 Å². The van der Waals surface area contributed by atoms with Crippen molar-refractivity contribution in [3.05, 3.63) is 34.3 Å². The van der Waals surface area contributed by atoms with Crippen molar-refractivity contribution >= 4 is 44.7 Å². The van der Waals surface area contributed by atoms with Crippen molar-refractivity contribution in [2.24, 2.45) is 0 Å². The van der Waals surface area contributed by atoms with E-state index in [2.05, 4.69) is 14.9 Å². The van der Waals surface area contributed by atoms with E-state index in [4.69, 9.17) is 16.7 Å². The molecule has 100 valence electrons. The third-order valence-electron chi connectivity index (χ3n) is 1.96. The van der Waals surface area contributed by atoms with Crippen molar-refractivity contribution in [3.63, 3.8) is 0 Å². The largest absolute Gasteiger partial charge is 0.478 e. The highest BCUT2D eigenvalue weighted by molar-refractivity contribution is 7.94. The van der Waals surface area contributed by atoms with Gasteiger partial charge in [-0.1, -0.05) is 11.6 Å². The average molecular weight is 320 g/mol. The maximum Gasteiger partial charge on any atom is 0.336 e. The Morgan fingerprint density at radius 3 is 2.63 bits per heavy atom. The van der Waals surface area contributed by atoms with Crippen molar-refractivity contribution in [3.8, 4) is 0 Å². The van der Waals surface area contributed by atoms with Gasteiger partial charge in [0.2, 0.25) is 0 Å². The Labute approximate surface area is 116 Å². The van der Waals surface area contributed by atoms with Gasteiger partial charge in [-0.2, -0.15) is 0 Å². The zero-order valence-corrected chi connectivity index (χ0v) is 11.5. The number of sulfonamides is 1. The summed E-state index contributed by atoms with van der Waals surface area (Å²) in [4.78, 5) is 10.7. The van der Waals surface area contributed by atoms with Crippen LogP contribution < -0.4 is 4.72 Å². The number of nitrogens with one attached hydrogen (secondary N) is 1. The second-order valence-electron chi connectivity index (χ2n) is 3.31. The first-order valence-corrected chi connectivity index (χ1v) is 7.46. The van der Waals surface area contributed by atoms with Gasteiger partial charge in [-0.05, 0) is 18.2 Å². The van der Waals surface area contributed by atoms with Gasteiger partial charge in [0.05, 0.1) is 5.56 Å². The quantitative estimate of drug-likeness (QED) is 0.887. The maximum atomic E-state index is 11.9. The van der Waals surface area contributed by atoms with Crippen LogP contribution in [0.5, 0.6) is 0 Å². The molecule has 0 saturated heterocycles. The lowest BCUT2D eigenvalue weighted by Gasteiger charge is -2.03. The molecule has 0 atom stereocenters. The Morgan fingerprint density at radius 1 is 1.37 bits per heavy atom. The summed E-state index contributed by atoms with van der Waals surface area (Å²) in [5, 5.41) is 17.1. The molecule has 0 fully saturated rings. The normalized spacial score (nSPS) is 11.2. The topological polar surface area (TPSA) is 109 Å². The van der Waals surface area contributed by atoms with E-state index < -0.39 is 16.0 Å². The Bertz CT molecular complexity index is 711. The lowest BCUT2D eigenvalue weighted by Crippen LogP contribution is -2.13. The fourth-order valence-corrected chi connectivity index (χ4v) is 3.38. The molecule has 0 bridgehead atoms. The van der Waals surface area contributed by atoms with Crippen LogP contribution in [0, 0.1) is 0 Å². The Hall–Kier alpha value is -1.71. The zero-order chi connectivity index (χ0) is 14.0. The first-order valence-electron chi connectivity index (χ1n) is 4.72. The number of carboxylic acid groups (broad SMARTS) is 1. The number of anilines is 1. The number of rotatable bonds is 4. The zero-order valence-electron chi connectivity index (χ0n) is 9.07. The van der Waals surface area contributed by atoms with Crippen LogP contribution in [0.15, 0.2) is 27.8 Å². The summed E-state index contributed by atoms with van der Waals surface area (Å²) < 4.78 is 25.9. The molecule has 10 heteroatoms. The van der Waals surface area contributed by atoms with Crippen LogP contribution in [0.2, 0.25) is 5.15 Å². The highest BCUT2D eigenvalue weighted by Crippen LogP contribution is 2.22. The van der Waals surface area contributed by atoms with Crippen molar-refractivity contribution < 1.29 is 18.3 Å². The summed E-state index contributed by atoms with van der Waals surface area (Å²) in [7, 11) is -3.88. The van der Waals surface area contributed by atoms with Crippen LogP contribution in [0.25, 0.3) is 0 Å². The molecule has 0 aliphatic rings. The Morgan fingerprint density at radius 2 is 2.11 bits per heavy atom. The molecule has 7 nitrogen and oxygen atoms in total. The number of carbonyl (C=O) groups is 1. The Kier molecular flexibility index (Phi) is 3.69. The van der Waals surface area contributed by atoms with Crippen LogP contribution in [0.4, 0.5) is 5.82 Å². The Balaban J connectivity index is 2.26. The highest BCUT2D eigenvalue weighted by Gasteiger charge is 2.19. The van der Waals surface area contributed by atoms with Crippen LogP contribution in [-0.4, -0.2) is 29.7 Å². The molecular weight excluding hydrogens is 314 g/mol. The van der Waals surface area contributed by atoms with Crippen molar-refractivity contribution in [1.82, 2.24) is 10.2 Å². The smallest absolute Gasteiger partial charge is 0.336 e. The van der Waals surface area contributed by atoms with Gasteiger partial charge in [0, 0.05) is 5.38 Å². The van der Waals surface area contributed by atoms with Crippen LogP contribution in [0.3, 0.4) is 0 Å². The fourth-order valence-electron chi connectivity index (χ4n) is 1.13. The lowest BCUT2D eigenvalue weighted by molar-refractivity contribution is 0.0697. The average Bonchev–Trinajstić information content (AvgIpc) is 2.82. The highest BCUT2D eigenvalue weighted by atomic mass is 35.5. The van der Waals surface area contributed by atoms with E-state index in [1.165, 1.54) is 17.5 Å². The van der Waals surface area contributed by atoms with E-state index >= 15 is 0 Å². The van der Waals surface area contributed by atoms with E-state index in [0.29, 0.717) is 0 Å². The van der Waals surface area contributed by atoms with E-state index in [1.54, 1.807) is 0 Å². The third-order valence-corrected chi connectivity index (χ3v) is 4.95. The molecule has 19 heavy (non-hydrogen) atoms. The summed E-state index contributed by atoms with van der Waals surface area (Å²) in [6.45, 7) is 0. The molecule has 2 rings (SSSR count). The van der Waals surface area contributed by atoms with E-state index in [0.717, 1.165) is 17.4 Å². The second-order valence-corrected chi connectivity index (χ2v) is 6.51. The molecule has 0 spiro atoms. The molecule has 0 aromatic carbocycles. The summed E-state index contributed by atoms with van der Waals surface area (Å²) >= 11 is 6.33. The monoisotopic (exact) mass is 319 g/mol. The van der Waals surface area contributed by atoms with Crippen LogP contribution in [0.1, 0.15) is 10.4 Å². The molecule has 2 aromatic heterocycles. The number of carboxylic acids is 1. The molecule has 2 N–H and O–H groups in total. The molecule has 0 radical (unpaired) electrons. The maximum absolute atomic E-state index is 11.9. The van der Waals surface area contributed by atoms with Gasteiger partial charge >= 0.3 is 5.97 Å². The molecular formula is C9H6ClN3O4S2. The molecule has 2 heterocycles. The number of halogens is 1. The number of aromatic carboxylic acids is 1. The number of hydrogen-bond donors (Lipinski definition) is 2. The van der Waals surface area contributed by atoms with Gasteiger partial charge in [0.15, 0.2) is 11.0 Å². The van der Waals surface area contributed by atoms with Gasteiger partial charge in [0.1, 0.15) is 4.21 Å². The van der Waals surface area contributed by atoms with E-state index in [9.17, 15) is 13.2 Å². The summed E-state index contributed by atoms with van der Waals surface area (Å²) in [6, 6.07) is 3.79. The standard InChI is InChI=1S/C9H6ClN3O4S2/c10-6-1-2-7(12-11-6)13-19(16,17)8-3-5(4-18-8)9(14)15/h1-4H,(H,12,13)(H,14,15). The molecule has 0 saturated carbocycles. The lowest BCUT2D eigenvalue weighted by atomic mass is 10.4. The van der Waals surface area contributed by atoms with Gasteiger partial charge < -0.3 is 5.11 Å². The summed E-state index contributed by atoms with van der Waals surface area (Å²) in [5.41, 5.74) is -0.0902. The van der Waals surface area contributed by atoms with E-state index in [-0.39, 0.29) is 20.7 Å². The van der Waals surface area contributed by atoms with Crippen molar-refractivity contribution in [2.75, 3.05) is 4.72 Å². The van der Waals surface area contributed by atoms with Gasteiger partial charge in [0.25, 0.3) is 10.0 Å². The van der Waals surface area contributed by atoms with Gasteiger partial charge in [-0.25, -0.2) is 13.2 Å². The molecule has 0 amide bonds. The fraction of sp³-hybridized carbons (Fsp3) is 0. The number of hydrogen-bond acceptors (Lipinski definition) is 6. The second kappa shape index (κ2) is 5.11. The first kappa shape index (κ1) is 13.7. The van der Waals surface area contributed by atoms with Crippen LogP contribution in [-0.2, 0) is 10.0 Å². The molecule has 0 unspecified atom stereocenters. The molecule has 0 aliphatic carbocycles.